The Morgan fingerprint density at radius 2 is 2.10 bits per heavy atom. The Kier molecular flexibility index (Phi) is 3.02. The number of nitrogens with zero attached hydrogens (tertiary/aromatic N) is 1. The van der Waals surface area contributed by atoms with E-state index in [4.69, 9.17) is 30.7 Å². The second-order valence-corrected chi connectivity index (χ2v) is 4.67. The molecule has 0 bridgehead atoms. The molecule has 2 heterocycles. The summed E-state index contributed by atoms with van der Waals surface area (Å²) >= 11 is 6.22. The third-order valence-corrected chi connectivity index (χ3v) is 3.30. The van der Waals surface area contributed by atoms with E-state index in [1.807, 2.05) is 0 Å². The van der Waals surface area contributed by atoms with Crippen molar-refractivity contribution in [3.8, 4) is 22.8 Å². The van der Waals surface area contributed by atoms with Crippen molar-refractivity contribution in [3.05, 3.63) is 28.4 Å². The van der Waals surface area contributed by atoms with Gasteiger partial charge in [-0.1, -0.05) is 16.8 Å². The van der Waals surface area contributed by atoms with E-state index in [9.17, 15) is 4.79 Å². The van der Waals surface area contributed by atoms with Crippen LogP contribution in [0.4, 0.5) is 0 Å². The fourth-order valence-electron chi connectivity index (χ4n) is 2.11. The Labute approximate surface area is 118 Å². The van der Waals surface area contributed by atoms with Crippen molar-refractivity contribution >= 4 is 17.6 Å². The topological polar surface area (TPSA) is 81.8 Å². The largest absolute Gasteiger partial charge is 0.486 e. The molecular weight excluding hydrogens is 286 g/mol. The zero-order valence-corrected chi connectivity index (χ0v) is 11.2. The molecule has 0 unspecified atom stereocenters. The third kappa shape index (κ3) is 1.98. The molecule has 1 aromatic heterocycles. The Bertz CT molecular complexity index is 694. The highest BCUT2D eigenvalue weighted by atomic mass is 35.5. The van der Waals surface area contributed by atoms with Gasteiger partial charge < -0.3 is 19.1 Å². The van der Waals surface area contributed by atoms with Crippen LogP contribution in [-0.4, -0.2) is 29.4 Å². The fraction of sp³-hybridized carbons (Fsp3) is 0.231. The summed E-state index contributed by atoms with van der Waals surface area (Å²) in [5.74, 6) is 0.276. The van der Waals surface area contributed by atoms with Crippen LogP contribution in [0.15, 0.2) is 16.7 Å². The van der Waals surface area contributed by atoms with Crippen LogP contribution in [0.1, 0.15) is 16.1 Å². The number of aromatic carboxylic acids is 1. The van der Waals surface area contributed by atoms with Gasteiger partial charge in [0.25, 0.3) is 0 Å². The van der Waals surface area contributed by atoms with E-state index >= 15 is 0 Å². The minimum absolute atomic E-state index is 0.176. The molecule has 1 aliphatic heterocycles. The van der Waals surface area contributed by atoms with Crippen LogP contribution in [-0.2, 0) is 0 Å². The molecule has 1 N–H and O–H groups in total. The first-order valence-electron chi connectivity index (χ1n) is 5.87. The van der Waals surface area contributed by atoms with E-state index in [0.29, 0.717) is 35.3 Å². The lowest BCUT2D eigenvalue weighted by Crippen LogP contribution is -2.16. The quantitative estimate of drug-likeness (QED) is 0.917. The molecule has 104 valence electrons. The normalized spacial score (nSPS) is 13.3. The molecule has 2 aromatic rings. The van der Waals surface area contributed by atoms with E-state index in [2.05, 4.69) is 5.16 Å². The van der Waals surface area contributed by atoms with E-state index < -0.39 is 5.97 Å². The van der Waals surface area contributed by atoms with Crippen molar-refractivity contribution in [3.63, 3.8) is 0 Å². The number of carboxylic acid groups (broad SMARTS) is 1. The summed E-state index contributed by atoms with van der Waals surface area (Å²) in [5, 5.41) is 12.7. The number of hydrogen-bond acceptors (Lipinski definition) is 5. The molecule has 0 radical (unpaired) electrons. The van der Waals surface area contributed by atoms with Gasteiger partial charge in [-0.3, -0.25) is 0 Å². The van der Waals surface area contributed by atoms with E-state index in [1.54, 1.807) is 13.0 Å². The molecule has 0 spiro atoms. The lowest BCUT2D eigenvalue weighted by atomic mass is 10.0. The molecule has 0 atom stereocenters. The first-order chi connectivity index (χ1) is 9.58. The standard InChI is InChI=1S/C13H10ClNO5/c1-6-11(9-5-8(13(16)17)15-20-9)7(14)4-10-12(6)19-3-2-18-10/h4-5H,2-3H2,1H3,(H,16,17). The van der Waals surface area contributed by atoms with Gasteiger partial charge in [-0.2, -0.15) is 0 Å². The first-order valence-corrected chi connectivity index (χ1v) is 6.25. The predicted molar refractivity (Wildman–Crippen MR) is 69.6 cm³/mol. The van der Waals surface area contributed by atoms with Gasteiger partial charge in [0.1, 0.15) is 13.2 Å². The monoisotopic (exact) mass is 295 g/mol. The molecule has 0 amide bonds. The number of aromatic nitrogens is 1. The van der Waals surface area contributed by atoms with Crippen LogP contribution in [0.2, 0.25) is 5.02 Å². The molecule has 1 aliphatic rings. The van der Waals surface area contributed by atoms with Crippen LogP contribution in [0.25, 0.3) is 11.3 Å². The molecule has 0 saturated heterocycles. The van der Waals surface area contributed by atoms with Crippen LogP contribution < -0.4 is 9.47 Å². The molecule has 3 rings (SSSR count). The number of halogens is 1. The number of benzene rings is 1. The van der Waals surface area contributed by atoms with Gasteiger partial charge in [0.15, 0.2) is 23.0 Å². The first kappa shape index (κ1) is 12.8. The van der Waals surface area contributed by atoms with E-state index in [-0.39, 0.29) is 11.5 Å². The number of carboxylic acids is 1. The lowest BCUT2D eigenvalue weighted by molar-refractivity contribution is 0.0686. The van der Waals surface area contributed by atoms with E-state index in [1.165, 1.54) is 6.07 Å². The second-order valence-electron chi connectivity index (χ2n) is 4.26. The van der Waals surface area contributed by atoms with Crippen LogP contribution in [0.3, 0.4) is 0 Å². The summed E-state index contributed by atoms with van der Waals surface area (Å²) in [4.78, 5) is 10.8. The third-order valence-electron chi connectivity index (χ3n) is 3.00. The van der Waals surface area contributed by atoms with Crippen molar-refractivity contribution in [2.75, 3.05) is 13.2 Å². The number of carbonyl (C=O) groups is 1. The van der Waals surface area contributed by atoms with Crippen molar-refractivity contribution in [2.45, 2.75) is 6.92 Å². The highest BCUT2D eigenvalue weighted by molar-refractivity contribution is 6.33. The molecule has 0 fully saturated rings. The summed E-state index contributed by atoms with van der Waals surface area (Å²) in [6, 6.07) is 2.95. The molecule has 0 aliphatic carbocycles. The zero-order valence-electron chi connectivity index (χ0n) is 10.5. The maximum Gasteiger partial charge on any atom is 0.358 e. The van der Waals surface area contributed by atoms with Gasteiger partial charge in [-0.15, -0.1) is 0 Å². The van der Waals surface area contributed by atoms with Gasteiger partial charge in [0.05, 0.1) is 5.02 Å². The summed E-state index contributed by atoms with van der Waals surface area (Å²) in [5.41, 5.74) is 1.10. The Hall–Kier alpha value is -2.21. The number of rotatable bonds is 2. The number of fused-ring (bicyclic) bond motifs is 1. The molecule has 7 heteroatoms. The summed E-state index contributed by atoms with van der Waals surface area (Å²) < 4.78 is 16.1. The van der Waals surface area contributed by atoms with Gasteiger partial charge >= 0.3 is 5.97 Å². The van der Waals surface area contributed by atoms with E-state index in [0.717, 1.165) is 5.56 Å². The Morgan fingerprint density at radius 1 is 1.35 bits per heavy atom. The molecule has 6 nitrogen and oxygen atoms in total. The predicted octanol–water partition coefficient (Wildman–Crippen LogP) is 2.77. The zero-order chi connectivity index (χ0) is 14.3. The SMILES string of the molecule is Cc1c2c(cc(Cl)c1-c1cc(C(=O)O)no1)OCCO2. The average Bonchev–Trinajstić information content (AvgIpc) is 2.88. The van der Waals surface area contributed by atoms with Crippen LogP contribution in [0.5, 0.6) is 11.5 Å². The summed E-state index contributed by atoms with van der Waals surface area (Å²) in [6.45, 7) is 2.72. The number of hydrogen-bond donors (Lipinski definition) is 1. The Morgan fingerprint density at radius 3 is 2.80 bits per heavy atom. The highest BCUT2D eigenvalue weighted by Crippen LogP contribution is 2.44. The summed E-state index contributed by atoms with van der Waals surface area (Å²) in [6.07, 6.45) is 0. The lowest BCUT2D eigenvalue weighted by Gasteiger charge is -2.22. The van der Waals surface area contributed by atoms with Crippen molar-refractivity contribution in [2.24, 2.45) is 0 Å². The Balaban J connectivity index is 2.15. The van der Waals surface area contributed by atoms with Crippen molar-refractivity contribution in [1.82, 2.24) is 5.16 Å². The molecule has 1 aromatic carbocycles. The van der Waals surface area contributed by atoms with Crippen LogP contribution in [0, 0.1) is 6.92 Å². The summed E-state index contributed by atoms with van der Waals surface area (Å²) in [7, 11) is 0. The minimum atomic E-state index is -1.16. The van der Waals surface area contributed by atoms with Gasteiger partial charge in [0, 0.05) is 23.3 Å². The van der Waals surface area contributed by atoms with Gasteiger partial charge in [-0.05, 0) is 6.92 Å². The van der Waals surface area contributed by atoms with Crippen LogP contribution >= 0.6 is 11.6 Å². The fourth-order valence-corrected chi connectivity index (χ4v) is 2.44. The maximum atomic E-state index is 10.8. The van der Waals surface area contributed by atoms with Gasteiger partial charge in [-0.25, -0.2) is 4.79 Å². The van der Waals surface area contributed by atoms with Crippen molar-refractivity contribution < 1.29 is 23.9 Å². The maximum absolute atomic E-state index is 10.8. The average molecular weight is 296 g/mol. The molecule has 20 heavy (non-hydrogen) atoms. The minimum Gasteiger partial charge on any atom is -0.486 e. The molecule has 0 saturated carbocycles. The second kappa shape index (κ2) is 4.72. The molecular formula is C13H10ClNO5. The smallest absolute Gasteiger partial charge is 0.358 e. The highest BCUT2D eigenvalue weighted by Gasteiger charge is 2.23. The van der Waals surface area contributed by atoms with Crippen molar-refractivity contribution in [1.29, 1.82) is 0 Å². The number of ether oxygens (including phenoxy) is 2. The van der Waals surface area contributed by atoms with Gasteiger partial charge in [0.2, 0.25) is 0 Å².